The number of aromatic nitrogens is 1. The number of aryl methyl sites for hydroxylation is 1. The Bertz CT molecular complexity index is 587. The highest BCUT2D eigenvalue weighted by molar-refractivity contribution is 5.92. The van der Waals surface area contributed by atoms with E-state index in [4.69, 9.17) is 0 Å². The van der Waals surface area contributed by atoms with Crippen molar-refractivity contribution in [3.05, 3.63) is 54.4 Å². The number of hydrogen-bond donors (Lipinski definition) is 2. The molecule has 0 fully saturated rings. The number of amides is 2. The SMILES string of the molecule is CN(C(=O)NCCCc1cccnc1)c1ccccc1O. The number of benzene rings is 1. The first-order chi connectivity index (χ1) is 10.2. The molecule has 5 heteroatoms. The van der Waals surface area contributed by atoms with Crippen LogP contribution < -0.4 is 10.2 Å². The second-order valence-electron chi connectivity index (χ2n) is 4.74. The number of urea groups is 1. The van der Waals surface area contributed by atoms with E-state index in [1.165, 1.54) is 4.90 Å². The number of nitrogens with zero attached hydrogens (tertiary/aromatic N) is 2. The molecule has 0 unspecified atom stereocenters. The number of phenolic OH excluding ortho intramolecular Hbond substituents is 1. The maximum atomic E-state index is 12.0. The predicted molar refractivity (Wildman–Crippen MR) is 82.5 cm³/mol. The van der Waals surface area contributed by atoms with E-state index in [0.29, 0.717) is 12.2 Å². The largest absolute Gasteiger partial charge is 0.506 e. The monoisotopic (exact) mass is 285 g/mol. The van der Waals surface area contributed by atoms with E-state index in [2.05, 4.69) is 10.3 Å². The van der Waals surface area contributed by atoms with Crippen LogP contribution in [0.1, 0.15) is 12.0 Å². The van der Waals surface area contributed by atoms with Crippen LogP contribution in [0.4, 0.5) is 10.5 Å². The number of carbonyl (C=O) groups excluding carboxylic acids is 1. The molecule has 1 heterocycles. The molecule has 0 bridgehead atoms. The molecule has 2 rings (SSSR count). The average Bonchev–Trinajstić information content (AvgIpc) is 2.52. The van der Waals surface area contributed by atoms with Crippen molar-refractivity contribution in [2.45, 2.75) is 12.8 Å². The highest BCUT2D eigenvalue weighted by Crippen LogP contribution is 2.24. The number of aromatic hydroxyl groups is 1. The summed E-state index contributed by atoms with van der Waals surface area (Å²) in [5.74, 6) is 0.0884. The first kappa shape index (κ1) is 14.8. The zero-order valence-corrected chi connectivity index (χ0v) is 12.0. The fourth-order valence-corrected chi connectivity index (χ4v) is 2.01. The van der Waals surface area contributed by atoms with Gasteiger partial charge in [-0.15, -0.1) is 0 Å². The number of phenols is 1. The first-order valence-corrected chi connectivity index (χ1v) is 6.87. The van der Waals surface area contributed by atoms with Gasteiger partial charge in [0.1, 0.15) is 5.75 Å². The molecular weight excluding hydrogens is 266 g/mol. The molecule has 1 aromatic carbocycles. The molecule has 1 aromatic heterocycles. The summed E-state index contributed by atoms with van der Waals surface area (Å²) in [6.07, 6.45) is 5.28. The fourth-order valence-electron chi connectivity index (χ4n) is 2.01. The lowest BCUT2D eigenvalue weighted by molar-refractivity contribution is 0.247. The Morgan fingerprint density at radius 2 is 2.10 bits per heavy atom. The van der Waals surface area contributed by atoms with Gasteiger partial charge in [0, 0.05) is 26.0 Å². The number of pyridine rings is 1. The Labute approximate surface area is 124 Å². The van der Waals surface area contributed by atoms with Crippen LogP contribution in [-0.2, 0) is 6.42 Å². The summed E-state index contributed by atoms with van der Waals surface area (Å²) in [6.45, 7) is 0.575. The third-order valence-electron chi connectivity index (χ3n) is 3.19. The summed E-state index contributed by atoms with van der Waals surface area (Å²) in [5, 5.41) is 12.6. The van der Waals surface area contributed by atoms with Crippen molar-refractivity contribution in [3.63, 3.8) is 0 Å². The molecular formula is C16H19N3O2. The molecule has 0 atom stereocenters. The quantitative estimate of drug-likeness (QED) is 0.830. The molecule has 0 aliphatic carbocycles. The summed E-state index contributed by atoms with van der Waals surface area (Å²) in [7, 11) is 1.63. The lowest BCUT2D eigenvalue weighted by Gasteiger charge is -2.19. The van der Waals surface area contributed by atoms with Crippen LogP contribution in [0.25, 0.3) is 0 Å². The van der Waals surface area contributed by atoms with E-state index in [1.807, 2.05) is 18.3 Å². The molecule has 0 aliphatic rings. The Balaban J connectivity index is 1.78. The van der Waals surface area contributed by atoms with Gasteiger partial charge in [0.15, 0.2) is 0 Å². The Kier molecular flexibility index (Phi) is 5.15. The van der Waals surface area contributed by atoms with Crippen molar-refractivity contribution < 1.29 is 9.90 Å². The summed E-state index contributed by atoms with van der Waals surface area (Å²) in [4.78, 5) is 17.5. The van der Waals surface area contributed by atoms with E-state index >= 15 is 0 Å². The Morgan fingerprint density at radius 3 is 2.81 bits per heavy atom. The highest BCUT2D eigenvalue weighted by Gasteiger charge is 2.12. The molecule has 0 saturated carbocycles. The van der Waals surface area contributed by atoms with Gasteiger partial charge in [0.25, 0.3) is 0 Å². The summed E-state index contributed by atoms with van der Waals surface area (Å²) < 4.78 is 0. The number of nitrogens with one attached hydrogen (secondary N) is 1. The number of anilines is 1. The second kappa shape index (κ2) is 7.28. The van der Waals surface area contributed by atoms with Crippen LogP contribution in [0.3, 0.4) is 0 Å². The Hall–Kier alpha value is -2.56. The van der Waals surface area contributed by atoms with E-state index in [1.54, 1.807) is 37.5 Å². The zero-order chi connectivity index (χ0) is 15.1. The van der Waals surface area contributed by atoms with Gasteiger partial charge in [-0.05, 0) is 36.6 Å². The van der Waals surface area contributed by atoms with E-state index < -0.39 is 0 Å². The van der Waals surface area contributed by atoms with Gasteiger partial charge in [-0.3, -0.25) is 9.88 Å². The standard InChI is InChI=1S/C16H19N3O2/c1-19(14-8-2-3-9-15(14)20)16(21)18-11-5-7-13-6-4-10-17-12-13/h2-4,6,8-10,12,20H,5,7,11H2,1H3,(H,18,21). The molecule has 2 amide bonds. The molecule has 0 spiro atoms. The minimum Gasteiger partial charge on any atom is -0.506 e. The van der Waals surface area contributed by atoms with Crippen molar-refractivity contribution in [1.82, 2.24) is 10.3 Å². The lowest BCUT2D eigenvalue weighted by atomic mass is 10.1. The molecule has 21 heavy (non-hydrogen) atoms. The van der Waals surface area contributed by atoms with E-state index in [0.717, 1.165) is 18.4 Å². The van der Waals surface area contributed by atoms with Crippen molar-refractivity contribution >= 4 is 11.7 Å². The van der Waals surface area contributed by atoms with E-state index in [-0.39, 0.29) is 11.8 Å². The van der Waals surface area contributed by atoms with Crippen LogP contribution in [0.15, 0.2) is 48.8 Å². The van der Waals surface area contributed by atoms with Gasteiger partial charge in [-0.2, -0.15) is 0 Å². The minimum atomic E-state index is -0.234. The van der Waals surface area contributed by atoms with Crippen LogP contribution in [-0.4, -0.2) is 29.7 Å². The molecule has 5 nitrogen and oxygen atoms in total. The van der Waals surface area contributed by atoms with Crippen LogP contribution in [0.5, 0.6) is 5.75 Å². The topological polar surface area (TPSA) is 65.5 Å². The van der Waals surface area contributed by atoms with Gasteiger partial charge < -0.3 is 10.4 Å². The smallest absolute Gasteiger partial charge is 0.321 e. The second-order valence-corrected chi connectivity index (χ2v) is 4.74. The van der Waals surface area contributed by atoms with Gasteiger partial charge in [0.2, 0.25) is 0 Å². The Morgan fingerprint density at radius 1 is 1.29 bits per heavy atom. The molecule has 0 saturated heterocycles. The fraction of sp³-hybridized carbons (Fsp3) is 0.250. The first-order valence-electron chi connectivity index (χ1n) is 6.87. The third kappa shape index (κ3) is 4.21. The van der Waals surface area contributed by atoms with Crippen molar-refractivity contribution in [1.29, 1.82) is 0 Å². The number of hydrogen-bond acceptors (Lipinski definition) is 3. The number of rotatable bonds is 5. The normalized spacial score (nSPS) is 10.1. The third-order valence-corrected chi connectivity index (χ3v) is 3.19. The summed E-state index contributed by atoms with van der Waals surface area (Å²) in [6, 6.07) is 10.4. The highest BCUT2D eigenvalue weighted by atomic mass is 16.3. The van der Waals surface area contributed by atoms with Gasteiger partial charge in [-0.1, -0.05) is 18.2 Å². The van der Waals surface area contributed by atoms with Gasteiger partial charge >= 0.3 is 6.03 Å². The average molecular weight is 285 g/mol. The predicted octanol–water partition coefficient (Wildman–Crippen LogP) is 2.57. The van der Waals surface area contributed by atoms with Crippen LogP contribution in [0, 0.1) is 0 Å². The van der Waals surface area contributed by atoms with Crippen molar-refractivity contribution in [2.24, 2.45) is 0 Å². The number of para-hydroxylation sites is 2. The van der Waals surface area contributed by atoms with Crippen LogP contribution in [0.2, 0.25) is 0 Å². The molecule has 2 aromatic rings. The number of carbonyl (C=O) groups is 1. The molecule has 110 valence electrons. The lowest BCUT2D eigenvalue weighted by Crippen LogP contribution is -2.37. The zero-order valence-electron chi connectivity index (χ0n) is 12.0. The molecule has 2 N–H and O–H groups in total. The maximum absolute atomic E-state index is 12.0. The van der Waals surface area contributed by atoms with Crippen LogP contribution >= 0.6 is 0 Å². The summed E-state index contributed by atoms with van der Waals surface area (Å²) in [5.41, 5.74) is 1.64. The van der Waals surface area contributed by atoms with Crippen molar-refractivity contribution in [3.8, 4) is 5.75 Å². The minimum absolute atomic E-state index is 0.0884. The maximum Gasteiger partial charge on any atom is 0.321 e. The van der Waals surface area contributed by atoms with Crippen molar-refractivity contribution in [2.75, 3.05) is 18.5 Å². The summed E-state index contributed by atoms with van der Waals surface area (Å²) >= 11 is 0. The van der Waals surface area contributed by atoms with E-state index in [9.17, 15) is 9.90 Å². The van der Waals surface area contributed by atoms with Gasteiger partial charge in [0.05, 0.1) is 5.69 Å². The molecule has 0 radical (unpaired) electrons. The molecule has 0 aliphatic heterocycles. The van der Waals surface area contributed by atoms with Gasteiger partial charge in [-0.25, -0.2) is 4.79 Å².